The second-order valence-corrected chi connectivity index (χ2v) is 8.49. The maximum Gasteiger partial charge on any atom is 0.0780 e. The van der Waals surface area contributed by atoms with E-state index in [-0.39, 0.29) is 0 Å². The summed E-state index contributed by atoms with van der Waals surface area (Å²) in [4.78, 5) is 4.63. The van der Waals surface area contributed by atoms with Gasteiger partial charge in [0.2, 0.25) is 0 Å². The van der Waals surface area contributed by atoms with Crippen molar-refractivity contribution in [1.82, 2.24) is 4.98 Å². The van der Waals surface area contributed by atoms with Gasteiger partial charge < -0.3 is 0 Å². The van der Waals surface area contributed by atoms with Gasteiger partial charge in [-0.1, -0.05) is 109 Å². The first kappa shape index (κ1) is 20.1. The SMILES string of the molecule is c1ccc(-c2cc(-c3ccccc3)cc(-c3ccc(-c4cccc5cccnc45)cc3)c2)cc1. The third kappa shape index (κ3) is 3.89. The predicted octanol–water partition coefficient (Wildman–Crippen LogP) is 8.90. The summed E-state index contributed by atoms with van der Waals surface area (Å²) in [5, 5.41) is 1.16. The van der Waals surface area contributed by atoms with Crippen LogP contribution in [0.4, 0.5) is 0 Å². The van der Waals surface area contributed by atoms with Gasteiger partial charge >= 0.3 is 0 Å². The first-order valence-corrected chi connectivity index (χ1v) is 11.6. The number of hydrogen-bond donors (Lipinski definition) is 0. The number of hydrogen-bond acceptors (Lipinski definition) is 1. The van der Waals surface area contributed by atoms with Crippen molar-refractivity contribution in [3.05, 3.63) is 140 Å². The lowest BCUT2D eigenvalue weighted by Crippen LogP contribution is -1.87. The van der Waals surface area contributed by atoms with Crippen LogP contribution in [0.5, 0.6) is 0 Å². The molecule has 1 nitrogen and oxygen atoms in total. The van der Waals surface area contributed by atoms with Crippen LogP contribution in [0.25, 0.3) is 55.4 Å². The van der Waals surface area contributed by atoms with E-state index in [0.29, 0.717) is 0 Å². The number of para-hydroxylation sites is 1. The monoisotopic (exact) mass is 433 g/mol. The van der Waals surface area contributed by atoms with Crippen molar-refractivity contribution < 1.29 is 0 Å². The number of fused-ring (bicyclic) bond motifs is 1. The highest BCUT2D eigenvalue weighted by Crippen LogP contribution is 2.34. The minimum absolute atomic E-state index is 1.04. The number of pyridine rings is 1. The van der Waals surface area contributed by atoms with Crippen molar-refractivity contribution in [2.75, 3.05) is 0 Å². The third-order valence-corrected chi connectivity index (χ3v) is 6.31. The first-order valence-electron chi connectivity index (χ1n) is 11.6. The van der Waals surface area contributed by atoms with Crippen molar-refractivity contribution in [3.8, 4) is 44.5 Å². The molecule has 0 N–H and O–H groups in total. The standard InChI is InChI=1S/C33H23N/c1-3-9-24(10-4-1)29-21-30(25-11-5-2-6-12-25)23-31(22-29)26-16-18-27(19-17-26)32-15-7-13-28-14-8-20-34-33(28)32/h1-23H. The van der Waals surface area contributed by atoms with E-state index in [1.54, 1.807) is 0 Å². The molecule has 0 aliphatic heterocycles. The molecule has 0 aliphatic rings. The fourth-order valence-corrected chi connectivity index (χ4v) is 4.57. The Bertz CT molecular complexity index is 1500. The molecular formula is C33H23N. The molecule has 160 valence electrons. The zero-order valence-corrected chi connectivity index (χ0v) is 18.7. The van der Waals surface area contributed by atoms with Gasteiger partial charge in [-0.2, -0.15) is 0 Å². The first-order chi connectivity index (χ1) is 16.8. The van der Waals surface area contributed by atoms with E-state index in [0.717, 1.165) is 16.5 Å². The van der Waals surface area contributed by atoms with E-state index in [1.165, 1.54) is 38.9 Å². The van der Waals surface area contributed by atoms with E-state index in [2.05, 4.69) is 132 Å². The van der Waals surface area contributed by atoms with Gasteiger partial charge in [-0.25, -0.2) is 0 Å². The minimum Gasteiger partial charge on any atom is -0.256 e. The highest BCUT2D eigenvalue weighted by Gasteiger charge is 2.09. The van der Waals surface area contributed by atoms with Crippen LogP contribution in [0.1, 0.15) is 0 Å². The molecular weight excluding hydrogens is 410 g/mol. The molecule has 6 aromatic rings. The Kier molecular flexibility index (Phi) is 5.21. The lowest BCUT2D eigenvalue weighted by molar-refractivity contribution is 1.41. The van der Waals surface area contributed by atoms with Crippen LogP contribution >= 0.6 is 0 Å². The van der Waals surface area contributed by atoms with Gasteiger partial charge in [-0.05, 0) is 63.2 Å². The molecule has 0 atom stereocenters. The van der Waals surface area contributed by atoms with Gasteiger partial charge in [-0.15, -0.1) is 0 Å². The number of nitrogens with zero attached hydrogens (tertiary/aromatic N) is 1. The van der Waals surface area contributed by atoms with Crippen LogP contribution < -0.4 is 0 Å². The number of benzene rings is 5. The summed E-state index contributed by atoms with van der Waals surface area (Å²) in [5.74, 6) is 0. The molecule has 0 fully saturated rings. The fourth-order valence-electron chi connectivity index (χ4n) is 4.57. The predicted molar refractivity (Wildman–Crippen MR) is 143 cm³/mol. The van der Waals surface area contributed by atoms with Crippen molar-refractivity contribution in [1.29, 1.82) is 0 Å². The van der Waals surface area contributed by atoms with Gasteiger partial charge in [0.05, 0.1) is 5.52 Å². The summed E-state index contributed by atoms with van der Waals surface area (Å²) in [6.45, 7) is 0. The fraction of sp³-hybridized carbons (Fsp3) is 0. The van der Waals surface area contributed by atoms with Crippen LogP contribution in [0.3, 0.4) is 0 Å². The molecule has 0 bridgehead atoms. The molecule has 0 unspecified atom stereocenters. The van der Waals surface area contributed by atoms with Gasteiger partial charge in [0.1, 0.15) is 0 Å². The highest BCUT2D eigenvalue weighted by molar-refractivity contribution is 5.94. The van der Waals surface area contributed by atoms with Crippen molar-refractivity contribution in [2.45, 2.75) is 0 Å². The Morgan fingerprint density at radius 1 is 0.353 bits per heavy atom. The molecule has 0 amide bonds. The van der Waals surface area contributed by atoms with E-state index in [1.807, 2.05) is 12.3 Å². The Hall–Kier alpha value is -4.49. The van der Waals surface area contributed by atoms with Crippen LogP contribution in [-0.4, -0.2) is 4.98 Å². The Morgan fingerprint density at radius 3 is 1.44 bits per heavy atom. The molecule has 0 aliphatic carbocycles. The van der Waals surface area contributed by atoms with Gasteiger partial charge in [0.25, 0.3) is 0 Å². The van der Waals surface area contributed by atoms with E-state index in [9.17, 15) is 0 Å². The summed E-state index contributed by atoms with van der Waals surface area (Å²) in [6.07, 6.45) is 1.86. The lowest BCUT2D eigenvalue weighted by atomic mass is 9.92. The third-order valence-electron chi connectivity index (χ3n) is 6.31. The molecule has 34 heavy (non-hydrogen) atoms. The quantitative estimate of drug-likeness (QED) is 0.270. The largest absolute Gasteiger partial charge is 0.256 e. The Labute approximate surface area is 200 Å². The molecule has 0 saturated carbocycles. The summed E-state index contributed by atoms with van der Waals surface area (Å²) in [5.41, 5.74) is 10.7. The van der Waals surface area contributed by atoms with Crippen molar-refractivity contribution in [3.63, 3.8) is 0 Å². The maximum absolute atomic E-state index is 4.63. The zero-order chi connectivity index (χ0) is 22.7. The minimum atomic E-state index is 1.04. The molecule has 0 spiro atoms. The average Bonchev–Trinajstić information content (AvgIpc) is 2.93. The average molecular weight is 434 g/mol. The summed E-state index contributed by atoms with van der Waals surface area (Å²) >= 11 is 0. The summed E-state index contributed by atoms with van der Waals surface area (Å²) in [6, 6.07) is 47.3. The van der Waals surface area contributed by atoms with Crippen LogP contribution in [0.15, 0.2) is 140 Å². The van der Waals surface area contributed by atoms with E-state index < -0.39 is 0 Å². The Morgan fingerprint density at radius 2 is 0.853 bits per heavy atom. The van der Waals surface area contributed by atoms with Crippen LogP contribution in [0.2, 0.25) is 0 Å². The normalized spacial score (nSPS) is 10.9. The molecule has 6 rings (SSSR count). The molecule has 1 heterocycles. The second-order valence-electron chi connectivity index (χ2n) is 8.49. The zero-order valence-electron chi connectivity index (χ0n) is 18.7. The van der Waals surface area contributed by atoms with Gasteiger partial charge in [0.15, 0.2) is 0 Å². The van der Waals surface area contributed by atoms with Gasteiger partial charge in [-0.3, -0.25) is 4.98 Å². The lowest BCUT2D eigenvalue weighted by Gasteiger charge is -2.12. The molecule has 5 aromatic carbocycles. The molecule has 0 saturated heterocycles. The molecule has 1 heteroatoms. The van der Waals surface area contributed by atoms with Gasteiger partial charge in [0, 0.05) is 17.1 Å². The smallest absolute Gasteiger partial charge is 0.0780 e. The molecule has 0 radical (unpaired) electrons. The summed E-state index contributed by atoms with van der Waals surface area (Å²) < 4.78 is 0. The Balaban J connectivity index is 1.45. The highest BCUT2D eigenvalue weighted by atomic mass is 14.6. The van der Waals surface area contributed by atoms with Crippen LogP contribution in [-0.2, 0) is 0 Å². The van der Waals surface area contributed by atoms with E-state index in [4.69, 9.17) is 0 Å². The number of rotatable bonds is 4. The molecule has 1 aromatic heterocycles. The van der Waals surface area contributed by atoms with Crippen molar-refractivity contribution in [2.24, 2.45) is 0 Å². The number of aromatic nitrogens is 1. The van der Waals surface area contributed by atoms with E-state index >= 15 is 0 Å². The maximum atomic E-state index is 4.63. The second kappa shape index (κ2) is 8.80. The topological polar surface area (TPSA) is 12.9 Å². The summed E-state index contributed by atoms with van der Waals surface area (Å²) in [7, 11) is 0. The van der Waals surface area contributed by atoms with Crippen LogP contribution in [0, 0.1) is 0 Å². The van der Waals surface area contributed by atoms with Crippen molar-refractivity contribution >= 4 is 10.9 Å².